The molecule has 0 aliphatic carbocycles. The molecular formula is C5H6BClN2O2. The molecule has 11 heavy (non-hydrogen) atoms. The van der Waals surface area contributed by atoms with Crippen molar-refractivity contribution in [3.63, 3.8) is 0 Å². The molecule has 0 amide bonds. The Morgan fingerprint density at radius 1 is 1.45 bits per heavy atom. The fraction of sp³-hybridized carbons (Fsp3) is 0.200. The van der Waals surface area contributed by atoms with Crippen LogP contribution in [0.4, 0.5) is 0 Å². The van der Waals surface area contributed by atoms with Crippen LogP contribution in [0.2, 0.25) is 5.15 Å². The van der Waals surface area contributed by atoms with E-state index < -0.39 is 7.12 Å². The topological polar surface area (TPSA) is 66.2 Å². The van der Waals surface area contributed by atoms with Crippen LogP contribution in [0, 0.1) is 6.92 Å². The van der Waals surface area contributed by atoms with E-state index in [1.54, 1.807) is 6.92 Å². The van der Waals surface area contributed by atoms with Gasteiger partial charge in [-0.05, 0) is 6.92 Å². The van der Waals surface area contributed by atoms with E-state index in [0.29, 0.717) is 5.69 Å². The summed E-state index contributed by atoms with van der Waals surface area (Å²) < 4.78 is 0. The zero-order valence-corrected chi connectivity index (χ0v) is 6.58. The molecule has 0 fully saturated rings. The Morgan fingerprint density at radius 3 is 2.45 bits per heavy atom. The van der Waals surface area contributed by atoms with Crippen LogP contribution in [0.3, 0.4) is 0 Å². The van der Waals surface area contributed by atoms with E-state index in [4.69, 9.17) is 21.6 Å². The Hall–Kier alpha value is -0.645. The first-order valence-corrected chi connectivity index (χ1v) is 3.34. The Balaban J connectivity index is 3.21. The van der Waals surface area contributed by atoms with Gasteiger partial charge in [0.2, 0.25) is 0 Å². The molecule has 0 atom stereocenters. The summed E-state index contributed by atoms with van der Waals surface area (Å²) in [5.41, 5.74) is 0.633. The van der Waals surface area contributed by atoms with Crippen LogP contribution < -0.4 is 5.46 Å². The lowest BCUT2D eigenvalue weighted by atomic mass is 9.80. The van der Waals surface area contributed by atoms with Crippen molar-refractivity contribution in [3.05, 3.63) is 17.2 Å². The van der Waals surface area contributed by atoms with Crippen LogP contribution in [0.15, 0.2) is 6.33 Å². The molecule has 0 spiro atoms. The summed E-state index contributed by atoms with van der Waals surface area (Å²) in [6.45, 7) is 1.63. The van der Waals surface area contributed by atoms with Crippen molar-refractivity contribution in [2.75, 3.05) is 0 Å². The molecule has 1 aromatic heterocycles. The second-order valence-electron chi connectivity index (χ2n) is 2.04. The minimum Gasteiger partial charge on any atom is -0.423 e. The summed E-state index contributed by atoms with van der Waals surface area (Å²) in [7, 11) is -1.61. The lowest BCUT2D eigenvalue weighted by Gasteiger charge is -2.03. The lowest BCUT2D eigenvalue weighted by Crippen LogP contribution is -2.34. The van der Waals surface area contributed by atoms with Crippen LogP contribution in [0.25, 0.3) is 0 Å². The third-order valence-electron chi connectivity index (χ3n) is 1.29. The molecule has 0 saturated carbocycles. The molecule has 6 heteroatoms. The van der Waals surface area contributed by atoms with Gasteiger partial charge in [0.1, 0.15) is 11.5 Å². The van der Waals surface area contributed by atoms with Gasteiger partial charge in [0.15, 0.2) is 0 Å². The van der Waals surface area contributed by atoms with Crippen molar-refractivity contribution < 1.29 is 10.0 Å². The van der Waals surface area contributed by atoms with E-state index >= 15 is 0 Å². The van der Waals surface area contributed by atoms with Gasteiger partial charge >= 0.3 is 7.12 Å². The number of hydrogen-bond acceptors (Lipinski definition) is 4. The van der Waals surface area contributed by atoms with Gasteiger partial charge < -0.3 is 10.0 Å². The summed E-state index contributed by atoms with van der Waals surface area (Å²) in [6.07, 6.45) is 1.27. The maximum atomic E-state index is 8.78. The SMILES string of the molecule is Cc1ncnc(Cl)c1B(O)O. The molecule has 1 aromatic rings. The molecule has 0 radical (unpaired) electrons. The summed E-state index contributed by atoms with van der Waals surface area (Å²) in [5.74, 6) is 0. The quantitative estimate of drug-likeness (QED) is 0.426. The van der Waals surface area contributed by atoms with Crippen LogP contribution in [0.1, 0.15) is 5.69 Å². The molecule has 2 N–H and O–H groups in total. The van der Waals surface area contributed by atoms with Gasteiger partial charge in [0.25, 0.3) is 0 Å². The second kappa shape index (κ2) is 3.17. The largest absolute Gasteiger partial charge is 0.493 e. The van der Waals surface area contributed by atoms with E-state index in [-0.39, 0.29) is 10.6 Å². The first-order valence-electron chi connectivity index (χ1n) is 2.96. The molecule has 0 aliphatic rings. The Morgan fingerprint density at radius 2 is 2.09 bits per heavy atom. The normalized spacial score (nSPS) is 9.82. The average Bonchev–Trinajstić information content (AvgIpc) is 1.85. The molecule has 4 nitrogen and oxygen atoms in total. The summed E-state index contributed by atoms with van der Waals surface area (Å²) >= 11 is 5.55. The standard InChI is InChI=1S/C5H6BClN2O2/c1-3-4(6(10)11)5(7)9-2-8-3/h2,10-11H,1H3. The highest BCUT2D eigenvalue weighted by Crippen LogP contribution is 2.00. The number of aromatic nitrogens is 2. The highest BCUT2D eigenvalue weighted by molar-refractivity contribution is 6.62. The predicted octanol–water partition coefficient (Wildman–Crippen LogP) is -0.882. The van der Waals surface area contributed by atoms with Crippen LogP contribution >= 0.6 is 11.6 Å². The van der Waals surface area contributed by atoms with Crippen molar-refractivity contribution in [1.82, 2.24) is 9.97 Å². The minimum atomic E-state index is -1.61. The maximum Gasteiger partial charge on any atom is 0.493 e. The number of halogens is 1. The van der Waals surface area contributed by atoms with Gasteiger partial charge in [-0.25, -0.2) is 9.97 Å². The first-order chi connectivity index (χ1) is 5.13. The molecule has 1 rings (SSSR count). The van der Waals surface area contributed by atoms with Crippen molar-refractivity contribution in [2.24, 2.45) is 0 Å². The van der Waals surface area contributed by atoms with Gasteiger partial charge in [0.05, 0.1) is 0 Å². The molecule has 0 bridgehead atoms. The Labute approximate surface area is 69.0 Å². The van der Waals surface area contributed by atoms with Gasteiger partial charge in [-0.3, -0.25) is 0 Å². The fourth-order valence-electron chi connectivity index (χ4n) is 0.748. The molecule has 0 saturated heterocycles. The van der Waals surface area contributed by atoms with E-state index in [2.05, 4.69) is 9.97 Å². The first kappa shape index (κ1) is 8.45. The average molecular weight is 172 g/mol. The van der Waals surface area contributed by atoms with E-state index in [1.165, 1.54) is 6.33 Å². The summed E-state index contributed by atoms with van der Waals surface area (Å²) in [4.78, 5) is 7.34. The van der Waals surface area contributed by atoms with Crippen molar-refractivity contribution >= 4 is 24.2 Å². The van der Waals surface area contributed by atoms with Gasteiger partial charge in [0, 0.05) is 11.2 Å². The summed E-state index contributed by atoms with van der Waals surface area (Å²) in [6, 6.07) is 0. The zero-order valence-electron chi connectivity index (χ0n) is 5.82. The van der Waals surface area contributed by atoms with Crippen molar-refractivity contribution in [2.45, 2.75) is 6.92 Å². The highest BCUT2D eigenvalue weighted by atomic mass is 35.5. The van der Waals surface area contributed by atoms with Gasteiger partial charge in [-0.15, -0.1) is 0 Å². The van der Waals surface area contributed by atoms with Crippen LogP contribution in [-0.4, -0.2) is 27.1 Å². The third-order valence-corrected chi connectivity index (χ3v) is 1.59. The highest BCUT2D eigenvalue weighted by Gasteiger charge is 2.19. The van der Waals surface area contributed by atoms with Gasteiger partial charge in [-0.2, -0.15) is 0 Å². The van der Waals surface area contributed by atoms with Crippen molar-refractivity contribution in [1.29, 1.82) is 0 Å². The second-order valence-corrected chi connectivity index (χ2v) is 2.40. The number of aryl methyl sites for hydroxylation is 1. The minimum absolute atomic E-state index is 0.0764. The maximum absolute atomic E-state index is 8.78. The van der Waals surface area contributed by atoms with Crippen LogP contribution in [-0.2, 0) is 0 Å². The molecule has 0 unspecified atom stereocenters. The smallest absolute Gasteiger partial charge is 0.423 e. The Kier molecular flexibility index (Phi) is 2.43. The summed E-state index contributed by atoms with van der Waals surface area (Å²) in [5, 5.41) is 17.6. The number of nitrogens with zero attached hydrogens (tertiary/aromatic N) is 2. The monoisotopic (exact) mass is 172 g/mol. The molecular weight excluding hydrogens is 166 g/mol. The van der Waals surface area contributed by atoms with E-state index in [0.717, 1.165) is 0 Å². The van der Waals surface area contributed by atoms with Gasteiger partial charge in [-0.1, -0.05) is 11.6 Å². The van der Waals surface area contributed by atoms with E-state index in [1.807, 2.05) is 0 Å². The predicted molar refractivity (Wildman–Crippen MR) is 41.6 cm³/mol. The fourth-order valence-corrected chi connectivity index (χ4v) is 1.03. The van der Waals surface area contributed by atoms with E-state index in [9.17, 15) is 0 Å². The molecule has 1 heterocycles. The number of rotatable bonds is 1. The van der Waals surface area contributed by atoms with Crippen LogP contribution in [0.5, 0.6) is 0 Å². The van der Waals surface area contributed by atoms with Crippen molar-refractivity contribution in [3.8, 4) is 0 Å². The lowest BCUT2D eigenvalue weighted by molar-refractivity contribution is 0.425. The molecule has 0 aromatic carbocycles. The number of hydrogen-bond donors (Lipinski definition) is 2. The third kappa shape index (κ3) is 1.68. The molecule has 58 valence electrons. The Bertz CT molecular complexity index is 248. The zero-order chi connectivity index (χ0) is 8.43. The molecule has 0 aliphatic heterocycles.